The number of rotatable bonds is 5. The zero-order valence-corrected chi connectivity index (χ0v) is 17.6. The molecular formula is C22H16Cl2N4O2. The van der Waals surface area contributed by atoms with Crippen LogP contribution in [0.15, 0.2) is 55.0 Å². The van der Waals surface area contributed by atoms with Gasteiger partial charge in [0.25, 0.3) is 0 Å². The van der Waals surface area contributed by atoms with Crippen molar-refractivity contribution in [3.05, 3.63) is 70.6 Å². The molecule has 0 aliphatic rings. The van der Waals surface area contributed by atoms with E-state index in [1.54, 1.807) is 19.2 Å². The molecule has 2 aromatic heterocycles. The van der Waals surface area contributed by atoms with Gasteiger partial charge in [0.15, 0.2) is 0 Å². The van der Waals surface area contributed by atoms with E-state index in [1.165, 1.54) is 13.3 Å². The van der Waals surface area contributed by atoms with Crippen molar-refractivity contribution in [3.8, 4) is 23.3 Å². The van der Waals surface area contributed by atoms with Crippen LogP contribution in [0.25, 0.3) is 16.6 Å². The van der Waals surface area contributed by atoms with Crippen molar-refractivity contribution in [2.24, 2.45) is 0 Å². The Morgan fingerprint density at radius 3 is 2.40 bits per heavy atom. The first kappa shape index (κ1) is 19.9. The first-order valence-corrected chi connectivity index (χ1v) is 9.65. The molecule has 0 saturated carbocycles. The molecule has 1 N–H and O–H groups in total. The first-order chi connectivity index (χ1) is 14.5. The van der Waals surface area contributed by atoms with Crippen LogP contribution in [0.3, 0.4) is 0 Å². The summed E-state index contributed by atoms with van der Waals surface area (Å²) >= 11 is 12.5. The van der Waals surface area contributed by atoms with E-state index in [1.807, 2.05) is 41.2 Å². The van der Waals surface area contributed by atoms with Gasteiger partial charge < -0.3 is 19.4 Å². The fourth-order valence-electron chi connectivity index (χ4n) is 3.20. The summed E-state index contributed by atoms with van der Waals surface area (Å²) in [7, 11) is 3.12. The molecule has 0 aliphatic carbocycles. The van der Waals surface area contributed by atoms with E-state index in [2.05, 4.69) is 16.4 Å². The van der Waals surface area contributed by atoms with Crippen LogP contribution < -0.4 is 14.8 Å². The molecule has 30 heavy (non-hydrogen) atoms. The lowest BCUT2D eigenvalue weighted by atomic mass is 10.1. The molecule has 0 saturated heterocycles. The minimum atomic E-state index is 0.364. The highest BCUT2D eigenvalue weighted by molar-refractivity contribution is 6.37. The second kappa shape index (κ2) is 8.15. The van der Waals surface area contributed by atoms with Gasteiger partial charge in [-0.3, -0.25) is 4.98 Å². The summed E-state index contributed by atoms with van der Waals surface area (Å²) in [6.07, 6.45) is 5.37. The van der Waals surface area contributed by atoms with E-state index in [0.29, 0.717) is 49.4 Å². The Kier molecular flexibility index (Phi) is 5.40. The Morgan fingerprint density at radius 2 is 1.73 bits per heavy atom. The molecule has 2 heterocycles. The van der Waals surface area contributed by atoms with Gasteiger partial charge in [0.05, 0.1) is 52.4 Å². The Hall–Kier alpha value is -3.40. The second-order valence-corrected chi connectivity index (χ2v) is 7.20. The number of methoxy groups -OCH3 is 2. The Balaban J connectivity index is 1.92. The maximum Gasteiger partial charge on any atom is 0.143 e. The topological polar surface area (TPSA) is 72.1 Å². The van der Waals surface area contributed by atoms with E-state index in [9.17, 15) is 5.26 Å². The smallest absolute Gasteiger partial charge is 0.143 e. The predicted octanol–water partition coefficient (Wildman–Crippen LogP) is 5.96. The summed E-state index contributed by atoms with van der Waals surface area (Å²) in [6, 6.07) is 13.1. The van der Waals surface area contributed by atoms with Crippen molar-refractivity contribution in [2.75, 3.05) is 19.5 Å². The van der Waals surface area contributed by atoms with Gasteiger partial charge in [-0.15, -0.1) is 0 Å². The van der Waals surface area contributed by atoms with Gasteiger partial charge in [-0.05, 0) is 30.3 Å². The van der Waals surface area contributed by atoms with E-state index < -0.39 is 0 Å². The van der Waals surface area contributed by atoms with Crippen LogP contribution in [-0.2, 0) is 0 Å². The molecule has 0 atom stereocenters. The number of anilines is 2. The van der Waals surface area contributed by atoms with E-state index in [0.717, 1.165) is 5.69 Å². The molecule has 0 aliphatic heterocycles. The van der Waals surface area contributed by atoms with Gasteiger partial charge in [-0.1, -0.05) is 23.2 Å². The molecule has 0 spiro atoms. The quantitative estimate of drug-likeness (QED) is 0.415. The molecule has 0 fully saturated rings. The molecule has 0 radical (unpaired) electrons. The fraction of sp³-hybridized carbons (Fsp3) is 0.0909. The number of hydrogen-bond donors (Lipinski definition) is 1. The monoisotopic (exact) mass is 438 g/mol. The Labute approximate surface area is 183 Å². The Morgan fingerprint density at radius 1 is 1.00 bits per heavy atom. The van der Waals surface area contributed by atoms with E-state index >= 15 is 0 Å². The zero-order valence-electron chi connectivity index (χ0n) is 16.1. The van der Waals surface area contributed by atoms with Crippen LogP contribution in [0.4, 0.5) is 11.4 Å². The molecular weight excluding hydrogens is 423 g/mol. The number of ether oxygens (including phenoxy) is 2. The highest BCUT2D eigenvalue weighted by Crippen LogP contribution is 2.39. The maximum absolute atomic E-state index is 9.66. The van der Waals surface area contributed by atoms with Crippen LogP contribution in [0.5, 0.6) is 11.5 Å². The van der Waals surface area contributed by atoms with Gasteiger partial charge >= 0.3 is 0 Å². The third kappa shape index (κ3) is 3.50. The molecule has 4 rings (SSSR count). The molecule has 0 amide bonds. The summed E-state index contributed by atoms with van der Waals surface area (Å²) in [5.74, 6) is 1.10. The average molecular weight is 439 g/mol. The number of nitrogens with one attached hydrogen (secondary N) is 1. The Bertz CT molecular complexity index is 1280. The highest BCUT2D eigenvalue weighted by atomic mass is 35.5. The van der Waals surface area contributed by atoms with Gasteiger partial charge in [0.2, 0.25) is 0 Å². The van der Waals surface area contributed by atoms with Crippen molar-refractivity contribution in [3.63, 3.8) is 0 Å². The van der Waals surface area contributed by atoms with Crippen molar-refractivity contribution in [2.45, 2.75) is 0 Å². The van der Waals surface area contributed by atoms with Crippen LogP contribution in [0, 0.1) is 11.3 Å². The largest absolute Gasteiger partial charge is 0.495 e. The minimum absolute atomic E-state index is 0.364. The standard InChI is InChI=1S/C22H16Cl2N4O2/c1-29-20-10-18(15(23)8-16(20)24)27-22-13(11-25)12-26-17-9-19(28-5-3-4-6-28)21(30-2)7-14(17)22/h3-10,12H,1-2H3,(H,26,27). The number of fused-ring (bicyclic) bond motifs is 1. The number of nitriles is 1. The van der Waals surface area contributed by atoms with Crippen LogP contribution >= 0.6 is 23.2 Å². The summed E-state index contributed by atoms with van der Waals surface area (Å²) in [5, 5.41) is 14.4. The van der Waals surface area contributed by atoms with Crippen molar-refractivity contribution >= 4 is 45.5 Å². The predicted molar refractivity (Wildman–Crippen MR) is 119 cm³/mol. The lowest BCUT2D eigenvalue weighted by molar-refractivity contribution is 0.413. The molecule has 4 aromatic rings. The number of pyridine rings is 1. The normalized spacial score (nSPS) is 10.6. The molecule has 150 valence electrons. The summed E-state index contributed by atoms with van der Waals surface area (Å²) < 4.78 is 12.8. The second-order valence-electron chi connectivity index (χ2n) is 6.38. The van der Waals surface area contributed by atoms with Crippen LogP contribution in [0.1, 0.15) is 5.56 Å². The number of halogens is 2. The van der Waals surface area contributed by atoms with Crippen molar-refractivity contribution < 1.29 is 9.47 Å². The van der Waals surface area contributed by atoms with Gasteiger partial charge in [-0.2, -0.15) is 5.26 Å². The number of nitrogens with zero attached hydrogens (tertiary/aromatic N) is 3. The third-order valence-electron chi connectivity index (χ3n) is 4.67. The average Bonchev–Trinajstić information content (AvgIpc) is 3.29. The summed E-state index contributed by atoms with van der Waals surface area (Å²) in [4.78, 5) is 4.46. The number of benzene rings is 2. The van der Waals surface area contributed by atoms with Gasteiger partial charge in [0, 0.05) is 30.0 Å². The van der Waals surface area contributed by atoms with Crippen molar-refractivity contribution in [1.82, 2.24) is 9.55 Å². The zero-order chi connectivity index (χ0) is 21.3. The van der Waals surface area contributed by atoms with Gasteiger partial charge in [0.1, 0.15) is 17.6 Å². The first-order valence-electron chi connectivity index (χ1n) is 8.90. The van der Waals surface area contributed by atoms with E-state index in [-0.39, 0.29) is 0 Å². The lowest BCUT2D eigenvalue weighted by Gasteiger charge is -2.16. The van der Waals surface area contributed by atoms with Crippen LogP contribution in [-0.4, -0.2) is 23.8 Å². The summed E-state index contributed by atoms with van der Waals surface area (Å²) in [5.41, 5.74) is 3.01. The molecule has 8 heteroatoms. The third-order valence-corrected chi connectivity index (χ3v) is 5.28. The molecule has 2 aromatic carbocycles. The highest BCUT2D eigenvalue weighted by Gasteiger charge is 2.16. The fourth-order valence-corrected chi connectivity index (χ4v) is 3.71. The van der Waals surface area contributed by atoms with Crippen molar-refractivity contribution in [1.29, 1.82) is 5.26 Å². The van der Waals surface area contributed by atoms with Gasteiger partial charge in [-0.25, -0.2) is 0 Å². The molecule has 6 nitrogen and oxygen atoms in total. The SMILES string of the molecule is COc1cc(Nc2c(C#N)cnc3cc(-n4cccc4)c(OC)cc23)c(Cl)cc1Cl. The summed E-state index contributed by atoms with van der Waals surface area (Å²) in [6.45, 7) is 0. The van der Waals surface area contributed by atoms with Crippen LogP contribution in [0.2, 0.25) is 10.0 Å². The van der Waals surface area contributed by atoms with E-state index in [4.69, 9.17) is 32.7 Å². The number of hydrogen-bond acceptors (Lipinski definition) is 5. The lowest BCUT2D eigenvalue weighted by Crippen LogP contribution is -2.01. The molecule has 0 unspecified atom stereocenters. The maximum atomic E-state index is 9.66. The molecule has 0 bridgehead atoms. The minimum Gasteiger partial charge on any atom is -0.495 e. The number of aromatic nitrogens is 2.